The minimum absolute atomic E-state index is 0.123. The molecule has 0 radical (unpaired) electrons. The van der Waals surface area contributed by atoms with Crippen molar-refractivity contribution in [1.82, 2.24) is 5.32 Å². The van der Waals surface area contributed by atoms with Crippen LogP contribution >= 0.6 is 0 Å². The highest BCUT2D eigenvalue weighted by Crippen LogP contribution is 2.40. The molecule has 0 aromatic heterocycles. The van der Waals surface area contributed by atoms with Gasteiger partial charge in [0, 0.05) is 18.0 Å². The van der Waals surface area contributed by atoms with Crippen molar-refractivity contribution in [3.05, 3.63) is 23.3 Å². The van der Waals surface area contributed by atoms with E-state index in [1.54, 1.807) is 0 Å². The smallest absolute Gasteiger partial charge is 0.204 e. The maximum absolute atomic E-state index is 13.6. The van der Waals surface area contributed by atoms with Gasteiger partial charge in [-0.3, -0.25) is 0 Å². The van der Waals surface area contributed by atoms with Crippen LogP contribution in [0.3, 0.4) is 0 Å². The van der Waals surface area contributed by atoms with Gasteiger partial charge in [-0.25, -0.2) is 4.39 Å². The number of rotatable bonds is 3. The lowest BCUT2D eigenvalue weighted by Gasteiger charge is -2.25. The van der Waals surface area contributed by atoms with Crippen LogP contribution in [0.25, 0.3) is 0 Å². The van der Waals surface area contributed by atoms with Crippen LogP contribution in [0.1, 0.15) is 24.3 Å². The number of benzene rings is 1. The number of methoxy groups -OCH3 is 2. The number of hydrogen-bond donors (Lipinski definition) is 1. The zero-order valence-electron chi connectivity index (χ0n) is 10.6. The van der Waals surface area contributed by atoms with Gasteiger partial charge in [-0.2, -0.15) is 4.39 Å². The summed E-state index contributed by atoms with van der Waals surface area (Å²) in [4.78, 5) is 0. The van der Waals surface area contributed by atoms with Gasteiger partial charge in [0.05, 0.1) is 14.2 Å². The van der Waals surface area contributed by atoms with Crippen molar-refractivity contribution in [1.29, 1.82) is 0 Å². The molecule has 5 heteroatoms. The van der Waals surface area contributed by atoms with E-state index in [9.17, 15) is 8.78 Å². The van der Waals surface area contributed by atoms with E-state index < -0.39 is 11.6 Å². The molecule has 100 valence electrons. The Labute approximate surface area is 105 Å². The Morgan fingerprint density at radius 3 is 2.50 bits per heavy atom. The van der Waals surface area contributed by atoms with Crippen LogP contribution in [-0.2, 0) is 0 Å². The maximum Gasteiger partial charge on any atom is 0.204 e. The molecule has 1 fully saturated rings. The third kappa shape index (κ3) is 2.27. The molecule has 0 spiro atoms. The molecule has 1 N–H and O–H groups in total. The first kappa shape index (κ1) is 13.1. The average Bonchev–Trinajstić information content (AvgIpc) is 2.42. The Kier molecular flexibility index (Phi) is 4.01. The minimum Gasteiger partial charge on any atom is -0.492 e. The van der Waals surface area contributed by atoms with Gasteiger partial charge in [-0.05, 0) is 25.5 Å². The van der Waals surface area contributed by atoms with Gasteiger partial charge in [-0.1, -0.05) is 0 Å². The van der Waals surface area contributed by atoms with E-state index in [0.29, 0.717) is 11.3 Å². The summed E-state index contributed by atoms with van der Waals surface area (Å²) in [5, 5.41) is 3.24. The maximum atomic E-state index is 13.6. The number of piperidine rings is 1. The molecule has 1 aromatic rings. The van der Waals surface area contributed by atoms with Gasteiger partial charge in [0.1, 0.15) is 0 Å². The third-order valence-corrected chi connectivity index (χ3v) is 3.30. The molecule has 1 saturated heterocycles. The van der Waals surface area contributed by atoms with Gasteiger partial charge >= 0.3 is 0 Å². The Bertz CT molecular complexity index is 431. The lowest BCUT2D eigenvalue weighted by atomic mass is 9.90. The Morgan fingerprint density at radius 2 is 1.94 bits per heavy atom. The van der Waals surface area contributed by atoms with Crippen LogP contribution in [-0.4, -0.2) is 27.3 Å². The molecule has 1 aliphatic rings. The molecule has 0 saturated carbocycles. The van der Waals surface area contributed by atoms with Crippen molar-refractivity contribution in [2.45, 2.75) is 18.8 Å². The molecule has 0 aliphatic carbocycles. The summed E-state index contributed by atoms with van der Waals surface area (Å²) in [7, 11) is 2.75. The molecular weight excluding hydrogens is 240 g/mol. The second-order valence-electron chi connectivity index (χ2n) is 4.37. The molecule has 3 nitrogen and oxygen atoms in total. The molecule has 1 aliphatic heterocycles. The summed E-state index contributed by atoms with van der Waals surface area (Å²) in [5.41, 5.74) is 0.667. The summed E-state index contributed by atoms with van der Waals surface area (Å²) in [6.45, 7) is 1.70. The molecule has 0 bridgehead atoms. The predicted molar refractivity (Wildman–Crippen MR) is 64.3 cm³/mol. The van der Waals surface area contributed by atoms with Crippen molar-refractivity contribution in [2.24, 2.45) is 0 Å². The first-order valence-corrected chi connectivity index (χ1v) is 5.99. The monoisotopic (exact) mass is 257 g/mol. The highest BCUT2D eigenvalue weighted by atomic mass is 19.2. The lowest BCUT2D eigenvalue weighted by molar-refractivity contribution is 0.320. The van der Waals surface area contributed by atoms with Crippen LogP contribution in [0.2, 0.25) is 0 Å². The van der Waals surface area contributed by atoms with Crippen LogP contribution in [0.15, 0.2) is 6.07 Å². The first-order chi connectivity index (χ1) is 8.69. The number of nitrogens with one attached hydrogen (secondary N) is 1. The Morgan fingerprint density at radius 1 is 1.22 bits per heavy atom. The molecule has 2 rings (SSSR count). The van der Waals surface area contributed by atoms with Gasteiger partial charge in [0.15, 0.2) is 17.3 Å². The van der Waals surface area contributed by atoms with Crippen LogP contribution in [0, 0.1) is 11.6 Å². The summed E-state index contributed by atoms with van der Waals surface area (Å²) in [6.07, 6.45) is 1.94. The molecule has 1 heterocycles. The summed E-state index contributed by atoms with van der Waals surface area (Å²) >= 11 is 0. The first-order valence-electron chi connectivity index (χ1n) is 5.99. The number of halogens is 2. The second-order valence-corrected chi connectivity index (χ2v) is 4.37. The van der Waals surface area contributed by atoms with E-state index >= 15 is 0 Å². The standard InChI is InChI=1S/C13H17F2NO2/c1-17-12-9(8-4-3-5-16-7-8)6-10(14)11(15)13(12)18-2/h6,8,16H,3-5,7H2,1-2H3. The summed E-state index contributed by atoms with van der Waals surface area (Å²) < 4.78 is 37.3. The summed E-state index contributed by atoms with van der Waals surface area (Å²) in [5.74, 6) is -1.63. The van der Waals surface area contributed by atoms with Crippen molar-refractivity contribution >= 4 is 0 Å². The molecule has 18 heavy (non-hydrogen) atoms. The normalized spacial score (nSPS) is 19.7. The van der Waals surface area contributed by atoms with E-state index in [0.717, 1.165) is 25.9 Å². The quantitative estimate of drug-likeness (QED) is 0.902. The van der Waals surface area contributed by atoms with Crippen LogP contribution in [0.5, 0.6) is 11.5 Å². The zero-order valence-corrected chi connectivity index (χ0v) is 10.6. The largest absolute Gasteiger partial charge is 0.492 e. The SMILES string of the molecule is COc1c(C2CCCNC2)cc(F)c(F)c1OC. The third-order valence-electron chi connectivity index (χ3n) is 3.30. The second kappa shape index (κ2) is 5.52. The van der Waals surface area contributed by atoms with E-state index in [4.69, 9.17) is 9.47 Å². The van der Waals surface area contributed by atoms with E-state index in [-0.39, 0.29) is 11.7 Å². The highest BCUT2D eigenvalue weighted by molar-refractivity contribution is 5.50. The predicted octanol–water partition coefficient (Wildman–Crippen LogP) is 2.45. The van der Waals surface area contributed by atoms with E-state index in [1.165, 1.54) is 20.3 Å². The Balaban J connectivity index is 2.47. The Hall–Kier alpha value is -1.36. The fourth-order valence-electron chi connectivity index (χ4n) is 2.42. The molecular formula is C13H17F2NO2. The number of ether oxygens (including phenoxy) is 2. The summed E-state index contributed by atoms with van der Waals surface area (Å²) in [6, 6.07) is 1.22. The lowest BCUT2D eigenvalue weighted by Crippen LogP contribution is -2.28. The number of hydrogen-bond acceptors (Lipinski definition) is 3. The average molecular weight is 257 g/mol. The van der Waals surface area contributed by atoms with Gasteiger partial charge < -0.3 is 14.8 Å². The van der Waals surface area contributed by atoms with Gasteiger partial charge in [0.2, 0.25) is 5.82 Å². The van der Waals surface area contributed by atoms with Crippen molar-refractivity contribution < 1.29 is 18.3 Å². The fraction of sp³-hybridized carbons (Fsp3) is 0.538. The van der Waals surface area contributed by atoms with Crippen molar-refractivity contribution in [2.75, 3.05) is 27.3 Å². The van der Waals surface area contributed by atoms with Crippen LogP contribution < -0.4 is 14.8 Å². The minimum atomic E-state index is -0.998. The van der Waals surface area contributed by atoms with Crippen LogP contribution in [0.4, 0.5) is 8.78 Å². The van der Waals surface area contributed by atoms with Gasteiger partial charge in [-0.15, -0.1) is 0 Å². The molecule has 1 unspecified atom stereocenters. The topological polar surface area (TPSA) is 30.5 Å². The molecule has 1 atom stereocenters. The fourth-order valence-corrected chi connectivity index (χ4v) is 2.42. The highest BCUT2D eigenvalue weighted by Gasteiger charge is 2.26. The van der Waals surface area contributed by atoms with E-state index in [2.05, 4.69) is 5.32 Å². The van der Waals surface area contributed by atoms with E-state index in [1.807, 2.05) is 0 Å². The molecule has 0 amide bonds. The zero-order chi connectivity index (χ0) is 13.1. The van der Waals surface area contributed by atoms with Crippen molar-refractivity contribution in [3.63, 3.8) is 0 Å². The van der Waals surface area contributed by atoms with Gasteiger partial charge in [0.25, 0.3) is 0 Å². The van der Waals surface area contributed by atoms with Crippen molar-refractivity contribution in [3.8, 4) is 11.5 Å². The molecule has 1 aromatic carbocycles.